The monoisotopic (exact) mass is 261 g/mol. The number of aliphatic carboxylic acids is 1. The maximum absolute atomic E-state index is 12.1. The van der Waals surface area contributed by atoms with Crippen LogP contribution in [0.4, 0.5) is 0 Å². The molecule has 1 amide bonds. The predicted molar refractivity (Wildman–Crippen MR) is 66.1 cm³/mol. The quantitative estimate of drug-likeness (QED) is 0.794. The molecule has 1 saturated heterocycles. The van der Waals surface area contributed by atoms with Gasteiger partial charge in [-0.2, -0.15) is 11.8 Å². The third-order valence-corrected chi connectivity index (χ3v) is 4.01. The summed E-state index contributed by atoms with van der Waals surface area (Å²) in [6, 6.07) is -0.237. The number of methoxy groups -OCH3 is 1. The fourth-order valence-electron chi connectivity index (χ4n) is 2.04. The molecule has 0 aromatic heterocycles. The molecule has 1 N–H and O–H groups in total. The molecule has 0 aromatic carbocycles. The second-order valence-corrected chi connectivity index (χ2v) is 5.39. The first-order chi connectivity index (χ1) is 7.99. The topological polar surface area (TPSA) is 66.8 Å². The van der Waals surface area contributed by atoms with Gasteiger partial charge in [0.05, 0.1) is 17.8 Å². The van der Waals surface area contributed by atoms with E-state index in [0.717, 1.165) is 0 Å². The Kier molecular flexibility index (Phi) is 5.27. The SMILES string of the molecule is COC1CC(CC(=O)O)N(C(=O)C(C)SC)C1. The molecule has 0 radical (unpaired) electrons. The first-order valence-corrected chi connectivity index (χ1v) is 6.86. The Morgan fingerprint density at radius 2 is 2.24 bits per heavy atom. The van der Waals surface area contributed by atoms with Crippen molar-refractivity contribution in [2.24, 2.45) is 0 Å². The Bertz CT molecular complexity index is 297. The van der Waals surface area contributed by atoms with Crippen LogP contribution in [0.15, 0.2) is 0 Å². The third kappa shape index (κ3) is 3.61. The van der Waals surface area contributed by atoms with Gasteiger partial charge in [0.25, 0.3) is 0 Å². The van der Waals surface area contributed by atoms with Crippen molar-refractivity contribution in [2.45, 2.75) is 37.2 Å². The molecule has 0 aliphatic carbocycles. The number of likely N-dealkylation sites (tertiary alicyclic amines) is 1. The third-order valence-electron chi connectivity index (χ3n) is 3.10. The van der Waals surface area contributed by atoms with Crippen LogP contribution in [0.3, 0.4) is 0 Å². The van der Waals surface area contributed by atoms with Crippen LogP contribution in [0, 0.1) is 0 Å². The molecule has 0 saturated carbocycles. The van der Waals surface area contributed by atoms with E-state index in [4.69, 9.17) is 9.84 Å². The highest BCUT2D eigenvalue weighted by Gasteiger charge is 2.37. The highest BCUT2D eigenvalue weighted by atomic mass is 32.2. The molecule has 1 aliphatic heterocycles. The lowest BCUT2D eigenvalue weighted by Crippen LogP contribution is -2.41. The Labute approximate surface area is 105 Å². The smallest absolute Gasteiger partial charge is 0.305 e. The van der Waals surface area contributed by atoms with E-state index in [1.165, 1.54) is 11.8 Å². The van der Waals surface area contributed by atoms with Gasteiger partial charge in [0.1, 0.15) is 0 Å². The zero-order valence-electron chi connectivity index (χ0n) is 10.4. The van der Waals surface area contributed by atoms with Crippen LogP contribution in [-0.4, -0.2) is 59.2 Å². The predicted octanol–water partition coefficient (Wildman–Crippen LogP) is 0.829. The Hall–Kier alpha value is -0.750. The van der Waals surface area contributed by atoms with Crippen molar-refractivity contribution in [3.8, 4) is 0 Å². The van der Waals surface area contributed by atoms with E-state index in [0.29, 0.717) is 13.0 Å². The van der Waals surface area contributed by atoms with Gasteiger partial charge in [0, 0.05) is 19.7 Å². The van der Waals surface area contributed by atoms with Crippen molar-refractivity contribution >= 4 is 23.6 Å². The summed E-state index contributed by atoms with van der Waals surface area (Å²) in [7, 11) is 1.59. The molecular formula is C11H19NO4S. The van der Waals surface area contributed by atoms with Crippen molar-refractivity contribution in [1.82, 2.24) is 4.90 Å². The number of ether oxygens (including phenoxy) is 1. The maximum Gasteiger partial charge on any atom is 0.305 e. The minimum absolute atomic E-state index is 0.00306. The lowest BCUT2D eigenvalue weighted by molar-refractivity contribution is -0.139. The van der Waals surface area contributed by atoms with Gasteiger partial charge < -0.3 is 14.7 Å². The first kappa shape index (κ1) is 14.3. The molecule has 6 heteroatoms. The van der Waals surface area contributed by atoms with Crippen LogP contribution in [-0.2, 0) is 14.3 Å². The van der Waals surface area contributed by atoms with Gasteiger partial charge in [0.2, 0.25) is 5.91 Å². The summed E-state index contributed by atoms with van der Waals surface area (Å²) >= 11 is 1.47. The molecule has 98 valence electrons. The number of carboxylic acid groups (broad SMARTS) is 1. The average Bonchev–Trinajstić information content (AvgIpc) is 2.69. The second-order valence-electron chi connectivity index (χ2n) is 4.21. The van der Waals surface area contributed by atoms with Crippen LogP contribution in [0.2, 0.25) is 0 Å². The highest BCUT2D eigenvalue weighted by molar-refractivity contribution is 7.99. The normalized spacial score (nSPS) is 25.9. The van der Waals surface area contributed by atoms with E-state index in [2.05, 4.69) is 0 Å². The largest absolute Gasteiger partial charge is 0.481 e. The molecule has 3 unspecified atom stereocenters. The van der Waals surface area contributed by atoms with Crippen molar-refractivity contribution in [1.29, 1.82) is 0 Å². The van der Waals surface area contributed by atoms with E-state index in [1.807, 2.05) is 13.2 Å². The lowest BCUT2D eigenvalue weighted by Gasteiger charge is -2.25. The molecule has 3 atom stereocenters. The van der Waals surface area contributed by atoms with Crippen molar-refractivity contribution in [3.05, 3.63) is 0 Å². The number of rotatable bonds is 5. The van der Waals surface area contributed by atoms with Crippen LogP contribution in [0.5, 0.6) is 0 Å². The molecular weight excluding hydrogens is 242 g/mol. The standard InChI is InChI=1S/C11H19NO4S/c1-7(17-3)11(15)12-6-9(16-2)4-8(12)5-10(13)14/h7-9H,4-6H2,1-3H3,(H,13,14). The summed E-state index contributed by atoms with van der Waals surface area (Å²) in [6.07, 6.45) is 2.43. The molecule has 0 spiro atoms. The molecule has 0 bridgehead atoms. The lowest BCUT2D eigenvalue weighted by atomic mass is 10.1. The number of thioether (sulfide) groups is 1. The van der Waals surface area contributed by atoms with Gasteiger partial charge in [-0.25, -0.2) is 0 Å². The van der Waals surface area contributed by atoms with Crippen molar-refractivity contribution < 1.29 is 19.4 Å². The number of carbonyl (C=O) groups excluding carboxylic acids is 1. The van der Waals surface area contributed by atoms with Gasteiger partial charge in [-0.3, -0.25) is 9.59 Å². The van der Waals surface area contributed by atoms with Gasteiger partial charge in [-0.1, -0.05) is 0 Å². The summed E-state index contributed by atoms with van der Waals surface area (Å²) in [5.74, 6) is -0.871. The number of hydrogen-bond acceptors (Lipinski definition) is 4. The Morgan fingerprint density at radius 3 is 2.71 bits per heavy atom. The van der Waals surface area contributed by atoms with E-state index < -0.39 is 5.97 Å². The fraction of sp³-hybridized carbons (Fsp3) is 0.818. The van der Waals surface area contributed by atoms with Crippen LogP contribution in [0.1, 0.15) is 19.8 Å². The summed E-state index contributed by atoms with van der Waals surface area (Å²) < 4.78 is 5.22. The summed E-state index contributed by atoms with van der Waals surface area (Å²) in [5, 5.41) is 8.71. The van der Waals surface area contributed by atoms with E-state index in [9.17, 15) is 9.59 Å². The van der Waals surface area contributed by atoms with Crippen molar-refractivity contribution in [2.75, 3.05) is 19.9 Å². The van der Waals surface area contributed by atoms with Gasteiger partial charge in [-0.05, 0) is 19.6 Å². The number of hydrogen-bond donors (Lipinski definition) is 1. The average molecular weight is 261 g/mol. The highest BCUT2D eigenvalue weighted by Crippen LogP contribution is 2.25. The molecule has 1 aliphatic rings. The summed E-state index contributed by atoms with van der Waals surface area (Å²) in [4.78, 5) is 24.5. The van der Waals surface area contributed by atoms with E-state index in [-0.39, 0.29) is 29.7 Å². The zero-order valence-corrected chi connectivity index (χ0v) is 11.2. The molecule has 17 heavy (non-hydrogen) atoms. The Morgan fingerprint density at radius 1 is 1.59 bits per heavy atom. The zero-order chi connectivity index (χ0) is 13.0. The van der Waals surface area contributed by atoms with Gasteiger partial charge >= 0.3 is 5.97 Å². The van der Waals surface area contributed by atoms with Crippen molar-refractivity contribution in [3.63, 3.8) is 0 Å². The summed E-state index contributed by atoms with van der Waals surface area (Å²) in [6.45, 7) is 2.34. The van der Waals surface area contributed by atoms with E-state index >= 15 is 0 Å². The van der Waals surface area contributed by atoms with Crippen LogP contribution < -0.4 is 0 Å². The number of amides is 1. The fourth-order valence-corrected chi connectivity index (χ4v) is 2.38. The van der Waals surface area contributed by atoms with Gasteiger partial charge in [0.15, 0.2) is 0 Å². The molecule has 0 aromatic rings. The van der Waals surface area contributed by atoms with Gasteiger partial charge in [-0.15, -0.1) is 0 Å². The molecule has 5 nitrogen and oxygen atoms in total. The number of carboxylic acids is 1. The van der Waals surface area contributed by atoms with Crippen LogP contribution in [0.25, 0.3) is 0 Å². The second kappa shape index (κ2) is 6.26. The van der Waals surface area contributed by atoms with E-state index in [1.54, 1.807) is 12.0 Å². The Balaban J connectivity index is 2.72. The molecule has 1 fully saturated rings. The number of nitrogens with zero attached hydrogens (tertiary/aromatic N) is 1. The minimum atomic E-state index is -0.874. The maximum atomic E-state index is 12.1. The first-order valence-electron chi connectivity index (χ1n) is 5.57. The molecule has 1 rings (SSSR count). The summed E-state index contributed by atoms with van der Waals surface area (Å²) in [5.41, 5.74) is 0. The molecule has 1 heterocycles. The minimum Gasteiger partial charge on any atom is -0.481 e. The number of carbonyl (C=O) groups is 2. The van der Waals surface area contributed by atoms with Crippen LogP contribution >= 0.6 is 11.8 Å².